The largest absolute Gasteiger partial charge is 0.369 e. The van der Waals surface area contributed by atoms with Crippen LogP contribution in [0.3, 0.4) is 0 Å². The molecular weight excluding hydrogens is 367 g/mol. The molecule has 2 aromatic carbocycles. The van der Waals surface area contributed by atoms with Crippen molar-refractivity contribution in [1.82, 2.24) is 4.90 Å². The molecule has 0 aromatic heterocycles. The molecule has 1 fully saturated rings. The van der Waals surface area contributed by atoms with E-state index in [0.717, 1.165) is 31.7 Å². The van der Waals surface area contributed by atoms with Crippen LogP contribution in [0.4, 0.5) is 15.8 Å². The van der Waals surface area contributed by atoms with Gasteiger partial charge in [0.15, 0.2) is 0 Å². The maximum atomic E-state index is 13.1. The molecule has 140 valence electrons. The van der Waals surface area contributed by atoms with Crippen LogP contribution >= 0.6 is 11.6 Å². The van der Waals surface area contributed by atoms with Gasteiger partial charge in [0.05, 0.1) is 28.5 Å². The van der Waals surface area contributed by atoms with Gasteiger partial charge in [-0.3, -0.25) is 9.69 Å². The van der Waals surface area contributed by atoms with Gasteiger partial charge in [-0.05, 0) is 36.8 Å². The number of hydrogen-bond donors (Lipinski definition) is 1. The first kappa shape index (κ1) is 19.2. The van der Waals surface area contributed by atoms with E-state index >= 15 is 0 Å². The Morgan fingerprint density at radius 3 is 2.78 bits per heavy atom. The lowest BCUT2D eigenvalue weighted by atomic mass is 10.1. The van der Waals surface area contributed by atoms with E-state index in [-0.39, 0.29) is 17.5 Å². The highest BCUT2D eigenvalue weighted by molar-refractivity contribution is 6.33. The normalized spacial score (nSPS) is 15.1. The van der Waals surface area contributed by atoms with Crippen LogP contribution in [0, 0.1) is 17.1 Å². The van der Waals surface area contributed by atoms with Gasteiger partial charge in [0.25, 0.3) is 0 Å². The van der Waals surface area contributed by atoms with E-state index in [0.29, 0.717) is 17.8 Å². The molecule has 0 bridgehead atoms. The molecule has 0 atom stereocenters. The Labute approximate surface area is 162 Å². The monoisotopic (exact) mass is 386 g/mol. The zero-order valence-electron chi connectivity index (χ0n) is 14.8. The molecule has 2 aromatic rings. The summed E-state index contributed by atoms with van der Waals surface area (Å²) in [5, 5.41) is 12.2. The Balaban J connectivity index is 1.58. The molecule has 0 radical (unpaired) electrons. The number of hydrogen-bond acceptors (Lipinski definition) is 4. The van der Waals surface area contributed by atoms with E-state index in [1.807, 2.05) is 24.3 Å². The molecule has 1 amide bonds. The van der Waals surface area contributed by atoms with E-state index < -0.39 is 5.82 Å². The first-order valence-corrected chi connectivity index (χ1v) is 9.16. The molecule has 1 aliphatic heterocycles. The van der Waals surface area contributed by atoms with Crippen LogP contribution in [0.1, 0.15) is 12.0 Å². The van der Waals surface area contributed by atoms with E-state index in [1.165, 1.54) is 18.2 Å². The maximum absolute atomic E-state index is 13.1. The fourth-order valence-corrected chi connectivity index (χ4v) is 3.41. The van der Waals surface area contributed by atoms with Crippen molar-refractivity contribution in [1.29, 1.82) is 5.26 Å². The predicted molar refractivity (Wildman–Crippen MR) is 104 cm³/mol. The molecule has 5 nitrogen and oxygen atoms in total. The summed E-state index contributed by atoms with van der Waals surface area (Å²) in [6.45, 7) is 3.31. The van der Waals surface area contributed by atoms with Crippen molar-refractivity contribution in [2.45, 2.75) is 6.42 Å². The minimum Gasteiger partial charge on any atom is -0.369 e. The van der Waals surface area contributed by atoms with Crippen LogP contribution in [0.25, 0.3) is 0 Å². The molecule has 1 saturated heterocycles. The van der Waals surface area contributed by atoms with Crippen LogP contribution in [0.15, 0.2) is 42.5 Å². The van der Waals surface area contributed by atoms with E-state index in [4.69, 9.17) is 11.6 Å². The molecule has 3 rings (SSSR count). The maximum Gasteiger partial charge on any atom is 0.238 e. The molecule has 27 heavy (non-hydrogen) atoms. The van der Waals surface area contributed by atoms with Crippen LogP contribution < -0.4 is 10.2 Å². The quantitative estimate of drug-likeness (QED) is 0.873. The van der Waals surface area contributed by atoms with Crippen molar-refractivity contribution in [3.8, 4) is 6.07 Å². The Bertz CT molecular complexity index is 867. The third kappa shape index (κ3) is 4.97. The van der Waals surface area contributed by atoms with Gasteiger partial charge in [-0.25, -0.2) is 4.39 Å². The Hall–Kier alpha value is -2.62. The number of anilines is 2. The van der Waals surface area contributed by atoms with Crippen LogP contribution in [0.5, 0.6) is 0 Å². The molecule has 1 aliphatic rings. The second kappa shape index (κ2) is 8.85. The molecule has 0 saturated carbocycles. The van der Waals surface area contributed by atoms with Gasteiger partial charge in [-0.1, -0.05) is 23.7 Å². The van der Waals surface area contributed by atoms with Gasteiger partial charge < -0.3 is 10.2 Å². The highest BCUT2D eigenvalue weighted by atomic mass is 35.5. The molecule has 0 unspecified atom stereocenters. The third-order valence-corrected chi connectivity index (χ3v) is 4.84. The minimum atomic E-state index is -0.441. The second-order valence-electron chi connectivity index (χ2n) is 6.42. The first-order chi connectivity index (χ1) is 13.1. The van der Waals surface area contributed by atoms with Gasteiger partial charge in [0.1, 0.15) is 11.9 Å². The number of nitriles is 1. The Morgan fingerprint density at radius 1 is 1.19 bits per heavy atom. The van der Waals surface area contributed by atoms with Crippen molar-refractivity contribution in [3.63, 3.8) is 0 Å². The molecule has 0 spiro atoms. The summed E-state index contributed by atoms with van der Waals surface area (Å²) in [5.74, 6) is -0.627. The van der Waals surface area contributed by atoms with Crippen molar-refractivity contribution < 1.29 is 9.18 Å². The highest BCUT2D eigenvalue weighted by Crippen LogP contribution is 2.23. The van der Waals surface area contributed by atoms with Crippen molar-refractivity contribution in [2.75, 3.05) is 42.9 Å². The molecule has 1 N–H and O–H groups in total. The zero-order chi connectivity index (χ0) is 19.2. The number of para-hydroxylation sites is 1. The fourth-order valence-electron chi connectivity index (χ4n) is 3.20. The Morgan fingerprint density at radius 2 is 2.00 bits per heavy atom. The number of rotatable bonds is 4. The summed E-state index contributed by atoms with van der Waals surface area (Å²) in [6, 6.07) is 13.7. The number of nitrogens with one attached hydrogen (secondary N) is 1. The molecular formula is C20H20ClFN4O. The summed E-state index contributed by atoms with van der Waals surface area (Å²) in [4.78, 5) is 16.6. The average molecular weight is 387 g/mol. The number of nitrogens with zero attached hydrogens (tertiary/aromatic N) is 3. The zero-order valence-corrected chi connectivity index (χ0v) is 15.5. The van der Waals surface area contributed by atoms with E-state index in [1.54, 1.807) is 0 Å². The minimum absolute atomic E-state index is 0.179. The standard InChI is InChI=1S/C20H20ClFN4O/c21-17-12-16(22)6-7-18(17)24-20(27)14-25-8-3-9-26(11-10-25)19-5-2-1-4-15(19)13-23/h1-2,4-7,12H,3,8-11,14H2,(H,24,27). The summed E-state index contributed by atoms with van der Waals surface area (Å²) < 4.78 is 13.1. The lowest BCUT2D eigenvalue weighted by molar-refractivity contribution is -0.117. The van der Waals surface area contributed by atoms with Gasteiger partial charge in [0.2, 0.25) is 5.91 Å². The topological polar surface area (TPSA) is 59.4 Å². The van der Waals surface area contributed by atoms with Crippen LogP contribution in [-0.2, 0) is 4.79 Å². The first-order valence-electron chi connectivity index (χ1n) is 8.78. The molecule has 1 heterocycles. The third-order valence-electron chi connectivity index (χ3n) is 4.53. The number of halogens is 2. The lowest BCUT2D eigenvalue weighted by Gasteiger charge is -2.24. The molecule has 0 aliphatic carbocycles. The van der Waals surface area contributed by atoms with Gasteiger partial charge in [0, 0.05) is 26.2 Å². The number of carbonyl (C=O) groups excluding carboxylic acids is 1. The summed E-state index contributed by atoms with van der Waals surface area (Å²) >= 11 is 5.96. The SMILES string of the molecule is N#Cc1ccccc1N1CCCN(CC(=O)Nc2ccc(F)cc2Cl)CC1. The number of amides is 1. The highest BCUT2D eigenvalue weighted by Gasteiger charge is 2.19. The van der Waals surface area contributed by atoms with Crippen molar-refractivity contribution >= 4 is 28.9 Å². The number of benzene rings is 2. The second-order valence-corrected chi connectivity index (χ2v) is 6.83. The molecule has 7 heteroatoms. The summed E-state index contributed by atoms with van der Waals surface area (Å²) in [6.07, 6.45) is 0.893. The van der Waals surface area contributed by atoms with Crippen LogP contribution in [0.2, 0.25) is 5.02 Å². The fraction of sp³-hybridized carbons (Fsp3) is 0.300. The van der Waals surface area contributed by atoms with Crippen LogP contribution in [-0.4, -0.2) is 43.5 Å². The van der Waals surface area contributed by atoms with E-state index in [2.05, 4.69) is 21.2 Å². The van der Waals surface area contributed by atoms with Crippen molar-refractivity contribution in [3.05, 3.63) is 58.9 Å². The van der Waals surface area contributed by atoms with Gasteiger partial charge in [-0.2, -0.15) is 5.26 Å². The average Bonchev–Trinajstić information content (AvgIpc) is 2.89. The number of carbonyl (C=O) groups is 1. The summed E-state index contributed by atoms with van der Waals surface area (Å²) in [5.41, 5.74) is 2.00. The lowest BCUT2D eigenvalue weighted by Crippen LogP contribution is -2.36. The predicted octanol–water partition coefficient (Wildman–Crippen LogP) is 3.50. The van der Waals surface area contributed by atoms with E-state index in [9.17, 15) is 14.4 Å². The summed E-state index contributed by atoms with van der Waals surface area (Å²) in [7, 11) is 0. The van der Waals surface area contributed by atoms with Crippen molar-refractivity contribution in [2.24, 2.45) is 0 Å². The smallest absolute Gasteiger partial charge is 0.238 e. The Kier molecular flexibility index (Phi) is 6.28. The van der Waals surface area contributed by atoms with Gasteiger partial charge >= 0.3 is 0 Å². The van der Waals surface area contributed by atoms with Gasteiger partial charge in [-0.15, -0.1) is 0 Å².